The minimum Gasteiger partial charge on any atom is -0.506 e. The highest BCUT2D eigenvalue weighted by Gasteiger charge is 2.07. The summed E-state index contributed by atoms with van der Waals surface area (Å²) in [5, 5.41) is 18.7. The average Bonchev–Trinajstić information content (AvgIpc) is 2.13. The fourth-order valence-corrected chi connectivity index (χ4v) is 1.82. The van der Waals surface area contributed by atoms with Crippen LogP contribution in [0.5, 0.6) is 5.75 Å². The summed E-state index contributed by atoms with van der Waals surface area (Å²) in [6.45, 7) is 1.44. The van der Waals surface area contributed by atoms with Gasteiger partial charge in [-0.2, -0.15) is 0 Å². The molecule has 0 aliphatic carbocycles. The molecule has 1 rings (SSSR count). The van der Waals surface area contributed by atoms with Crippen molar-refractivity contribution in [3.8, 4) is 5.75 Å². The molecule has 0 atom stereocenters. The topological polar surface area (TPSA) is 57.5 Å². The Bertz CT molecular complexity index is 441. The third-order valence-corrected chi connectivity index (χ3v) is 2.59. The van der Waals surface area contributed by atoms with Crippen molar-refractivity contribution >= 4 is 39.6 Å². The third kappa shape index (κ3) is 2.97. The first-order chi connectivity index (χ1) is 6.91. The van der Waals surface area contributed by atoms with Crippen LogP contribution < -0.4 is 0 Å². The Balaban J connectivity index is 3.26. The second-order valence-electron chi connectivity index (χ2n) is 2.96. The van der Waals surface area contributed by atoms with Gasteiger partial charge in [0.25, 0.3) is 0 Å². The predicted molar refractivity (Wildman–Crippen MR) is 62.1 cm³/mol. The molecule has 0 radical (unpaired) electrons. The van der Waals surface area contributed by atoms with E-state index in [9.17, 15) is 9.90 Å². The number of halogens is 2. The smallest absolute Gasteiger partial charge is 0.331 e. The highest BCUT2D eigenvalue weighted by molar-refractivity contribution is 9.10. The number of phenolic OH excluding ortho intramolecular Hbond substituents is 1. The van der Waals surface area contributed by atoms with E-state index in [1.54, 1.807) is 0 Å². The van der Waals surface area contributed by atoms with Gasteiger partial charge in [-0.25, -0.2) is 4.79 Å². The Morgan fingerprint density at radius 2 is 2.13 bits per heavy atom. The van der Waals surface area contributed by atoms with Crippen molar-refractivity contribution in [2.75, 3.05) is 0 Å². The van der Waals surface area contributed by atoms with Crippen LogP contribution in [0.3, 0.4) is 0 Å². The summed E-state index contributed by atoms with van der Waals surface area (Å²) in [7, 11) is 0. The number of rotatable bonds is 2. The summed E-state index contributed by atoms with van der Waals surface area (Å²) in [6.07, 6.45) is 1.36. The number of carboxylic acids is 1. The van der Waals surface area contributed by atoms with Crippen LogP contribution in [0, 0.1) is 0 Å². The Kier molecular flexibility index (Phi) is 3.77. The monoisotopic (exact) mass is 290 g/mol. The molecule has 0 saturated carbocycles. The number of hydrogen-bond acceptors (Lipinski definition) is 2. The molecule has 0 spiro atoms. The van der Waals surface area contributed by atoms with Gasteiger partial charge in [0.15, 0.2) is 0 Å². The first-order valence-corrected chi connectivity index (χ1v) is 5.18. The van der Waals surface area contributed by atoms with E-state index in [1.807, 2.05) is 0 Å². The van der Waals surface area contributed by atoms with Crippen LogP contribution in [0.2, 0.25) is 5.02 Å². The number of aromatic hydroxyl groups is 1. The lowest BCUT2D eigenvalue weighted by molar-refractivity contribution is -0.132. The summed E-state index contributed by atoms with van der Waals surface area (Å²) in [5.74, 6) is -1.06. The Hall–Kier alpha value is -1.00. The van der Waals surface area contributed by atoms with Gasteiger partial charge in [0.1, 0.15) is 5.75 Å². The number of hydrogen-bond donors (Lipinski definition) is 2. The minimum atomic E-state index is -1.04. The van der Waals surface area contributed by atoms with Gasteiger partial charge in [-0.3, -0.25) is 0 Å². The number of carboxylic acid groups (broad SMARTS) is 1. The van der Waals surface area contributed by atoms with Gasteiger partial charge >= 0.3 is 5.97 Å². The van der Waals surface area contributed by atoms with E-state index < -0.39 is 5.97 Å². The molecule has 0 saturated heterocycles. The van der Waals surface area contributed by atoms with E-state index in [0.29, 0.717) is 15.1 Å². The van der Waals surface area contributed by atoms with E-state index in [-0.39, 0.29) is 11.3 Å². The first-order valence-electron chi connectivity index (χ1n) is 4.01. The van der Waals surface area contributed by atoms with Gasteiger partial charge in [-0.1, -0.05) is 11.6 Å². The van der Waals surface area contributed by atoms with Crippen LogP contribution in [0.1, 0.15) is 12.5 Å². The van der Waals surface area contributed by atoms with E-state index in [4.69, 9.17) is 16.7 Å². The lowest BCUT2D eigenvalue weighted by Gasteiger charge is -2.03. The second-order valence-corrected chi connectivity index (χ2v) is 4.25. The summed E-state index contributed by atoms with van der Waals surface area (Å²) in [5.41, 5.74) is 0.494. The molecular weight excluding hydrogens is 283 g/mol. The van der Waals surface area contributed by atoms with Gasteiger partial charge in [0.05, 0.1) is 4.47 Å². The summed E-state index contributed by atoms with van der Waals surface area (Å²) < 4.78 is 0.430. The molecule has 0 unspecified atom stereocenters. The maximum atomic E-state index is 10.6. The Labute approximate surface area is 100 Å². The highest BCUT2D eigenvalue weighted by atomic mass is 79.9. The average molecular weight is 292 g/mol. The van der Waals surface area contributed by atoms with Crippen molar-refractivity contribution in [2.45, 2.75) is 6.92 Å². The Morgan fingerprint density at radius 1 is 1.53 bits per heavy atom. The standard InChI is InChI=1S/C10H8BrClO3/c1-5(10(14)15)2-6-3-7(12)4-8(11)9(6)13/h2-4,13H,1H3,(H,14,15)/b5-2+. The van der Waals surface area contributed by atoms with E-state index in [2.05, 4.69) is 15.9 Å². The van der Waals surface area contributed by atoms with Gasteiger partial charge in [0.2, 0.25) is 0 Å². The van der Waals surface area contributed by atoms with Crippen molar-refractivity contribution in [1.29, 1.82) is 0 Å². The normalized spacial score (nSPS) is 11.5. The lowest BCUT2D eigenvalue weighted by atomic mass is 10.1. The number of phenols is 1. The number of benzene rings is 1. The van der Waals surface area contributed by atoms with Crippen LogP contribution in [0.15, 0.2) is 22.2 Å². The van der Waals surface area contributed by atoms with Crippen LogP contribution in [-0.2, 0) is 4.79 Å². The number of carbonyl (C=O) groups is 1. The lowest BCUT2D eigenvalue weighted by Crippen LogP contribution is -1.95. The molecule has 0 aromatic heterocycles. The molecule has 0 aliphatic heterocycles. The fourth-order valence-electron chi connectivity index (χ4n) is 0.991. The third-order valence-electron chi connectivity index (χ3n) is 1.77. The molecule has 80 valence electrons. The molecular formula is C10H8BrClO3. The first kappa shape index (κ1) is 12.1. The minimum absolute atomic E-state index is 0.0278. The zero-order valence-corrected chi connectivity index (χ0v) is 10.1. The molecule has 5 heteroatoms. The second kappa shape index (κ2) is 4.68. The van der Waals surface area contributed by atoms with Gasteiger partial charge in [-0.15, -0.1) is 0 Å². The van der Waals surface area contributed by atoms with Crippen LogP contribution in [-0.4, -0.2) is 16.2 Å². The quantitative estimate of drug-likeness (QED) is 0.822. The van der Waals surface area contributed by atoms with Gasteiger partial charge in [-0.05, 0) is 41.1 Å². The number of aliphatic carboxylic acids is 1. The molecule has 0 heterocycles. The van der Waals surface area contributed by atoms with E-state index in [1.165, 1.54) is 25.1 Å². The van der Waals surface area contributed by atoms with Gasteiger partial charge < -0.3 is 10.2 Å². The van der Waals surface area contributed by atoms with Crippen molar-refractivity contribution in [2.24, 2.45) is 0 Å². The molecule has 0 amide bonds. The van der Waals surface area contributed by atoms with Crippen LogP contribution in [0.4, 0.5) is 0 Å². The van der Waals surface area contributed by atoms with E-state index in [0.717, 1.165) is 0 Å². The largest absolute Gasteiger partial charge is 0.506 e. The van der Waals surface area contributed by atoms with Crippen molar-refractivity contribution in [1.82, 2.24) is 0 Å². The van der Waals surface area contributed by atoms with Crippen molar-refractivity contribution < 1.29 is 15.0 Å². The summed E-state index contributed by atoms with van der Waals surface area (Å²) in [6, 6.07) is 3.03. The SMILES string of the molecule is C/C(=C\c1cc(Cl)cc(Br)c1O)C(=O)O. The molecule has 1 aromatic carbocycles. The summed E-state index contributed by atoms with van der Waals surface area (Å²) in [4.78, 5) is 10.6. The molecule has 3 nitrogen and oxygen atoms in total. The molecule has 0 fully saturated rings. The summed E-state index contributed by atoms with van der Waals surface area (Å²) >= 11 is 8.88. The van der Waals surface area contributed by atoms with Crippen molar-refractivity contribution in [3.05, 3.63) is 32.8 Å². The fraction of sp³-hybridized carbons (Fsp3) is 0.100. The molecule has 15 heavy (non-hydrogen) atoms. The predicted octanol–water partition coefficient (Wildman–Crippen LogP) is 3.30. The van der Waals surface area contributed by atoms with Crippen LogP contribution in [0.25, 0.3) is 6.08 Å². The van der Waals surface area contributed by atoms with Crippen LogP contribution >= 0.6 is 27.5 Å². The molecule has 0 bridgehead atoms. The van der Waals surface area contributed by atoms with Crippen molar-refractivity contribution in [3.63, 3.8) is 0 Å². The molecule has 2 N–H and O–H groups in total. The Morgan fingerprint density at radius 3 is 2.67 bits per heavy atom. The maximum Gasteiger partial charge on any atom is 0.331 e. The molecule has 1 aromatic rings. The van der Waals surface area contributed by atoms with Gasteiger partial charge in [0, 0.05) is 16.2 Å². The highest BCUT2D eigenvalue weighted by Crippen LogP contribution is 2.32. The maximum absolute atomic E-state index is 10.6. The van der Waals surface area contributed by atoms with E-state index >= 15 is 0 Å². The zero-order valence-electron chi connectivity index (χ0n) is 7.79. The molecule has 0 aliphatic rings. The zero-order chi connectivity index (χ0) is 11.6.